The van der Waals surface area contributed by atoms with Crippen molar-refractivity contribution in [3.8, 4) is 0 Å². The zero-order valence-electron chi connectivity index (χ0n) is 28.8. The number of ether oxygens (including phenoxy) is 4. The van der Waals surface area contributed by atoms with Crippen LogP contribution < -0.4 is 10.6 Å². The Kier molecular flexibility index (Phi) is 14.3. The fourth-order valence-electron chi connectivity index (χ4n) is 6.11. The van der Waals surface area contributed by atoms with Crippen LogP contribution in [0.3, 0.4) is 0 Å². The molecule has 0 aromatic heterocycles. The van der Waals surface area contributed by atoms with Crippen molar-refractivity contribution in [2.45, 2.75) is 71.6 Å². The van der Waals surface area contributed by atoms with Crippen LogP contribution in [0, 0.1) is 23.7 Å². The number of hydrogen-bond acceptors (Lipinski definition) is 8. The third kappa shape index (κ3) is 13.1. The summed E-state index contributed by atoms with van der Waals surface area (Å²) in [5.74, 6) is 0.596. The van der Waals surface area contributed by atoms with E-state index >= 15 is 0 Å². The van der Waals surface area contributed by atoms with Gasteiger partial charge in [-0.25, -0.2) is 19.2 Å². The molecule has 2 aliphatic rings. The van der Waals surface area contributed by atoms with Crippen LogP contribution in [0.4, 0.5) is 21.0 Å². The summed E-state index contributed by atoms with van der Waals surface area (Å²) in [5.41, 5.74) is 4.29. The lowest BCUT2D eigenvalue weighted by Gasteiger charge is -2.27. The third-order valence-corrected chi connectivity index (χ3v) is 9.24. The number of nitrogens with one attached hydrogen (secondary N) is 2. The van der Waals surface area contributed by atoms with Crippen LogP contribution in [0.15, 0.2) is 72.8 Å². The van der Waals surface area contributed by atoms with Crippen molar-refractivity contribution < 1.29 is 38.1 Å². The second kappa shape index (κ2) is 18.8. The number of carbonyl (C=O) groups is 4. The van der Waals surface area contributed by atoms with Crippen LogP contribution in [0.5, 0.6) is 0 Å². The van der Waals surface area contributed by atoms with Gasteiger partial charge in [0.2, 0.25) is 0 Å². The normalized spacial score (nSPS) is 20.3. The Labute approximate surface area is 289 Å². The molecule has 2 fully saturated rings. The molecule has 0 radical (unpaired) electrons. The minimum absolute atomic E-state index is 0.303. The molecule has 0 bridgehead atoms. The van der Waals surface area contributed by atoms with Gasteiger partial charge < -0.3 is 18.9 Å². The van der Waals surface area contributed by atoms with Crippen molar-refractivity contribution in [2.24, 2.45) is 23.7 Å². The van der Waals surface area contributed by atoms with Crippen LogP contribution >= 0.6 is 0 Å². The van der Waals surface area contributed by atoms with Gasteiger partial charge in [0.05, 0.1) is 26.4 Å². The van der Waals surface area contributed by atoms with Gasteiger partial charge in [-0.2, -0.15) is 0 Å². The molecule has 264 valence electrons. The van der Waals surface area contributed by atoms with Crippen LogP contribution in [-0.4, -0.2) is 50.6 Å². The van der Waals surface area contributed by atoms with Gasteiger partial charge in [0.1, 0.15) is 0 Å². The Morgan fingerprint density at radius 3 is 1.10 bits per heavy atom. The highest BCUT2D eigenvalue weighted by Gasteiger charge is 2.25. The second-order valence-electron chi connectivity index (χ2n) is 13.5. The van der Waals surface area contributed by atoms with Crippen molar-refractivity contribution in [1.29, 1.82) is 0 Å². The first-order chi connectivity index (χ1) is 23.5. The Balaban J connectivity index is 1.08. The quantitative estimate of drug-likeness (QED) is 0.117. The predicted molar refractivity (Wildman–Crippen MR) is 188 cm³/mol. The molecule has 0 heterocycles. The molecule has 2 saturated carbocycles. The third-order valence-electron chi connectivity index (χ3n) is 9.24. The van der Waals surface area contributed by atoms with E-state index in [1.807, 2.05) is 48.5 Å². The average molecular weight is 675 g/mol. The van der Waals surface area contributed by atoms with Crippen LogP contribution in [0.25, 0.3) is 0 Å². The van der Waals surface area contributed by atoms with E-state index in [1.54, 1.807) is 13.8 Å². The van der Waals surface area contributed by atoms with E-state index in [9.17, 15) is 19.2 Å². The van der Waals surface area contributed by atoms with Gasteiger partial charge in [-0.3, -0.25) is 10.6 Å². The van der Waals surface area contributed by atoms with Gasteiger partial charge in [-0.15, -0.1) is 0 Å². The van der Waals surface area contributed by atoms with E-state index in [2.05, 4.69) is 23.8 Å². The highest BCUT2D eigenvalue weighted by molar-refractivity contribution is 5.87. The van der Waals surface area contributed by atoms with E-state index in [0.29, 0.717) is 79.0 Å². The minimum atomic E-state index is -0.474. The van der Waals surface area contributed by atoms with Crippen LogP contribution in [0.2, 0.25) is 0 Å². The van der Waals surface area contributed by atoms with Crippen molar-refractivity contribution in [1.82, 2.24) is 0 Å². The van der Waals surface area contributed by atoms with E-state index < -0.39 is 12.2 Å². The molecular weight excluding hydrogens is 624 g/mol. The van der Waals surface area contributed by atoms with Gasteiger partial charge in [-0.05, 0) is 131 Å². The van der Waals surface area contributed by atoms with Gasteiger partial charge in [0, 0.05) is 22.5 Å². The van der Waals surface area contributed by atoms with Crippen molar-refractivity contribution >= 4 is 35.5 Å². The first-order valence-corrected chi connectivity index (χ1v) is 17.2. The molecule has 10 heteroatoms. The summed E-state index contributed by atoms with van der Waals surface area (Å²) in [6.07, 6.45) is 7.22. The van der Waals surface area contributed by atoms with Crippen molar-refractivity contribution in [3.63, 3.8) is 0 Å². The maximum atomic E-state index is 12.4. The number of amides is 2. The second-order valence-corrected chi connectivity index (χ2v) is 13.5. The summed E-state index contributed by atoms with van der Waals surface area (Å²) >= 11 is 0. The highest BCUT2D eigenvalue weighted by Crippen LogP contribution is 2.30. The van der Waals surface area contributed by atoms with E-state index in [-0.39, 0.29) is 11.9 Å². The van der Waals surface area contributed by atoms with Crippen LogP contribution in [-0.2, 0) is 35.0 Å². The number of carbonyl (C=O) groups excluding carboxylic acids is 4. The molecular formula is C39H50N2O8. The number of anilines is 2. The molecule has 2 N–H and O–H groups in total. The number of esters is 2. The summed E-state index contributed by atoms with van der Waals surface area (Å²) in [6, 6.07) is 15.3. The lowest BCUT2D eigenvalue weighted by atomic mass is 9.83. The molecule has 0 spiro atoms. The maximum absolute atomic E-state index is 12.4. The van der Waals surface area contributed by atoms with E-state index in [1.165, 1.54) is 0 Å². The summed E-state index contributed by atoms with van der Waals surface area (Å²) in [7, 11) is 0. The van der Waals surface area contributed by atoms with Crippen LogP contribution in [0.1, 0.15) is 76.3 Å². The summed E-state index contributed by atoms with van der Waals surface area (Å²) in [5, 5.41) is 5.60. The zero-order valence-corrected chi connectivity index (χ0v) is 28.8. The Morgan fingerprint density at radius 1 is 0.531 bits per heavy atom. The summed E-state index contributed by atoms with van der Waals surface area (Å²) in [6.45, 7) is 12.1. The fraction of sp³-hybridized carbons (Fsp3) is 0.487. The predicted octanol–water partition coefficient (Wildman–Crippen LogP) is 8.23. The van der Waals surface area contributed by atoms with Gasteiger partial charge >= 0.3 is 24.1 Å². The lowest BCUT2D eigenvalue weighted by Crippen LogP contribution is -2.25. The van der Waals surface area contributed by atoms with E-state index in [0.717, 1.165) is 62.5 Å². The molecule has 2 aromatic carbocycles. The molecule has 10 nitrogen and oxygen atoms in total. The van der Waals surface area contributed by atoms with Gasteiger partial charge in [0.15, 0.2) is 0 Å². The average Bonchev–Trinajstić information content (AvgIpc) is 3.10. The molecule has 0 aliphatic heterocycles. The first-order valence-electron chi connectivity index (χ1n) is 17.2. The van der Waals surface area contributed by atoms with Crippen molar-refractivity contribution in [2.75, 3.05) is 37.1 Å². The van der Waals surface area contributed by atoms with Gasteiger partial charge in [0.25, 0.3) is 0 Å². The molecule has 0 atom stereocenters. The summed E-state index contributed by atoms with van der Waals surface area (Å²) < 4.78 is 21.5. The lowest BCUT2D eigenvalue weighted by molar-refractivity contribution is -0.141. The van der Waals surface area contributed by atoms with Gasteiger partial charge in [-0.1, -0.05) is 37.4 Å². The topological polar surface area (TPSA) is 129 Å². The molecule has 4 rings (SSSR count). The Hall–Kier alpha value is -4.60. The molecule has 2 amide bonds. The zero-order chi connectivity index (χ0) is 35.2. The van der Waals surface area contributed by atoms with Crippen molar-refractivity contribution in [3.05, 3.63) is 84.0 Å². The number of rotatable bonds is 14. The Bertz CT molecular complexity index is 1330. The molecule has 2 aromatic rings. The smallest absolute Gasteiger partial charge is 0.411 e. The first kappa shape index (κ1) is 37.2. The SMILES string of the molecule is C=C(C)C(=O)OCC1CCC(COC(=O)Nc2ccc(Cc3ccc(NC(=O)OCC4CCC(COC(=O)C(=C)C)CC4)cc3)cc2)CC1. The molecule has 2 aliphatic carbocycles. The molecule has 49 heavy (non-hydrogen) atoms. The number of benzene rings is 2. The standard InChI is InChI=1S/C39H50N2O8/c1-26(2)36(42)46-22-30-5-9-32(10-6-30)24-48-38(44)40-34-17-13-28(14-18-34)21-29-15-19-35(20-16-29)41-39(45)49-25-33-11-7-31(8-12-33)23-47-37(43)27(3)4/h13-20,30-33H,1,3,5-12,21-25H2,2,4H3,(H,40,44)(H,41,45). The summed E-state index contributed by atoms with van der Waals surface area (Å²) in [4.78, 5) is 48.0. The molecule has 0 unspecified atom stereocenters. The molecule has 0 saturated heterocycles. The number of hydrogen-bond donors (Lipinski definition) is 2. The maximum Gasteiger partial charge on any atom is 0.411 e. The Morgan fingerprint density at radius 2 is 0.816 bits per heavy atom. The monoisotopic (exact) mass is 674 g/mol. The van der Waals surface area contributed by atoms with E-state index in [4.69, 9.17) is 18.9 Å². The highest BCUT2D eigenvalue weighted by atomic mass is 16.6. The minimum Gasteiger partial charge on any atom is -0.462 e. The fourth-order valence-corrected chi connectivity index (χ4v) is 6.11. The largest absolute Gasteiger partial charge is 0.462 e.